The van der Waals surface area contributed by atoms with Gasteiger partial charge in [0, 0.05) is 12.6 Å². The molecule has 0 amide bonds. The monoisotopic (exact) mass is 287 g/mol. The topological polar surface area (TPSA) is 43.8 Å². The summed E-state index contributed by atoms with van der Waals surface area (Å²) in [6.07, 6.45) is -2.36. The van der Waals surface area contributed by atoms with Crippen molar-refractivity contribution in [2.45, 2.75) is 37.8 Å². The highest BCUT2D eigenvalue weighted by Gasteiger charge is 2.49. The molecule has 0 aliphatic heterocycles. The molecule has 0 saturated heterocycles. The number of hydrogen-bond acceptors (Lipinski definition) is 2. The van der Waals surface area contributed by atoms with Gasteiger partial charge in [-0.15, -0.1) is 0 Å². The van der Waals surface area contributed by atoms with Crippen molar-refractivity contribution >= 4 is 11.0 Å². The molecule has 3 nitrogen and oxygen atoms in total. The van der Waals surface area contributed by atoms with E-state index in [-0.39, 0.29) is 18.1 Å². The Hall–Kier alpha value is -1.63. The second-order valence-corrected chi connectivity index (χ2v) is 4.99. The average Bonchev–Trinajstić information content (AvgIpc) is 3.17. The van der Waals surface area contributed by atoms with Gasteiger partial charge in [0.05, 0.1) is 11.0 Å². The van der Waals surface area contributed by atoms with E-state index in [1.54, 1.807) is 18.2 Å². The fourth-order valence-electron chi connectivity index (χ4n) is 2.31. The van der Waals surface area contributed by atoms with Crippen LogP contribution in [-0.2, 0) is 12.5 Å². The quantitative estimate of drug-likeness (QED) is 0.878. The Kier molecular flexibility index (Phi) is 2.97. The first kappa shape index (κ1) is 13.4. The zero-order valence-electron chi connectivity index (χ0n) is 10.5. The molecule has 3 rings (SSSR count). The molecule has 1 fully saturated rings. The first-order valence-electron chi connectivity index (χ1n) is 6.32. The van der Waals surface area contributed by atoms with Gasteiger partial charge < -0.3 is 10.3 Å². The maximum absolute atomic E-state index is 13.7. The van der Waals surface area contributed by atoms with Crippen molar-refractivity contribution in [3.63, 3.8) is 0 Å². The number of halogens is 4. The largest absolute Gasteiger partial charge is 0.364 e. The molecule has 20 heavy (non-hydrogen) atoms. The third kappa shape index (κ3) is 1.96. The SMILES string of the molecule is NCc1ccc2c(c1)nc(C(F)(F)C(F)F)n2C1CC1. The van der Waals surface area contributed by atoms with Gasteiger partial charge in [0.2, 0.25) is 0 Å². The molecular weight excluding hydrogens is 274 g/mol. The third-order valence-electron chi connectivity index (χ3n) is 3.47. The smallest absolute Gasteiger partial charge is 0.326 e. The Labute approximate surface area is 112 Å². The Morgan fingerprint density at radius 2 is 2.05 bits per heavy atom. The second kappa shape index (κ2) is 4.44. The number of fused-ring (bicyclic) bond motifs is 1. The van der Waals surface area contributed by atoms with Crippen molar-refractivity contribution in [2.75, 3.05) is 0 Å². The molecule has 0 spiro atoms. The van der Waals surface area contributed by atoms with Crippen molar-refractivity contribution in [1.82, 2.24) is 9.55 Å². The molecule has 1 saturated carbocycles. The summed E-state index contributed by atoms with van der Waals surface area (Å²) < 4.78 is 53.9. The maximum Gasteiger partial charge on any atom is 0.364 e. The minimum Gasteiger partial charge on any atom is -0.326 e. The Morgan fingerprint density at radius 1 is 1.35 bits per heavy atom. The van der Waals surface area contributed by atoms with Crippen LogP contribution >= 0.6 is 0 Å². The molecule has 1 aromatic heterocycles. The van der Waals surface area contributed by atoms with Gasteiger partial charge in [0.15, 0.2) is 5.82 Å². The molecule has 7 heteroatoms. The molecule has 108 valence electrons. The Morgan fingerprint density at radius 3 is 2.60 bits per heavy atom. The number of aromatic nitrogens is 2. The number of alkyl halides is 4. The number of nitrogens with zero attached hydrogens (tertiary/aromatic N) is 2. The van der Waals surface area contributed by atoms with E-state index in [1.165, 1.54) is 4.57 Å². The first-order chi connectivity index (χ1) is 9.45. The van der Waals surface area contributed by atoms with E-state index in [0.29, 0.717) is 18.4 Å². The molecule has 2 aromatic rings. The van der Waals surface area contributed by atoms with Gasteiger partial charge in [0.25, 0.3) is 0 Å². The molecule has 1 heterocycles. The highest BCUT2D eigenvalue weighted by molar-refractivity contribution is 5.77. The van der Waals surface area contributed by atoms with Crippen molar-refractivity contribution in [3.05, 3.63) is 29.6 Å². The molecule has 1 aliphatic carbocycles. The van der Waals surface area contributed by atoms with Gasteiger partial charge in [-0.2, -0.15) is 8.78 Å². The van der Waals surface area contributed by atoms with Crippen molar-refractivity contribution in [2.24, 2.45) is 5.73 Å². The van der Waals surface area contributed by atoms with Crippen LogP contribution in [-0.4, -0.2) is 16.0 Å². The predicted molar refractivity (Wildman–Crippen MR) is 65.8 cm³/mol. The average molecular weight is 287 g/mol. The summed E-state index contributed by atoms with van der Waals surface area (Å²) in [5.41, 5.74) is 6.96. The van der Waals surface area contributed by atoms with Crippen LogP contribution in [0.5, 0.6) is 0 Å². The van der Waals surface area contributed by atoms with E-state index in [4.69, 9.17) is 5.73 Å². The van der Waals surface area contributed by atoms with E-state index in [2.05, 4.69) is 4.98 Å². The lowest BCUT2D eigenvalue weighted by atomic mass is 10.2. The molecule has 0 bridgehead atoms. The first-order valence-corrected chi connectivity index (χ1v) is 6.32. The fourth-order valence-corrected chi connectivity index (χ4v) is 2.31. The minimum atomic E-state index is -4.25. The van der Waals surface area contributed by atoms with Crippen LogP contribution in [0.2, 0.25) is 0 Å². The van der Waals surface area contributed by atoms with Gasteiger partial charge in [-0.1, -0.05) is 6.07 Å². The number of imidazole rings is 1. The fraction of sp³-hybridized carbons (Fsp3) is 0.462. The van der Waals surface area contributed by atoms with Crippen molar-refractivity contribution < 1.29 is 17.6 Å². The molecule has 2 N–H and O–H groups in total. The van der Waals surface area contributed by atoms with Crippen LogP contribution in [0.1, 0.15) is 30.3 Å². The van der Waals surface area contributed by atoms with Crippen LogP contribution in [0, 0.1) is 0 Å². The molecule has 0 atom stereocenters. The summed E-state index contributed by atoms with van der Waals surface area (Å²) in [5.74, 6) is -5.09. The summed E-state index contributed by atoms with van der Waals surface area (Å²) in [5, 5.41) is 0. The molecule has 1 aromatic carbocycles. The molecule has 0 unspecified atom stereocenters. The van der Waals surface area contributed by atoms with Gasteiger partial charge >= 0.3 is 12.3 Å². The molecular formula is C13H13F4N3. The lowest BCUT2D eigenvalue weighted by Gasteiger charge is -2.16. The normalized spacial score (nSPS) is 16.3. The van der Waals surface area contributed by atoms with Gasteiger partial charge in [-0.05, 0) is 30.5 Å². The second-order valence-electron chi connectivity index (χ2n) is 4.99. The predicted octanol–water partition coefficient (Wildman–Crippen LogP) is 3.19. The third-order valence-corrected chi connectivity index (χ3v) is 3.47. The highest BCUT2D eigenvalue weighted by atomic mass is 19.3. The maximum atomic E-state index is 13.7. The standard InChI is InChI=1S/C13H13F4N3/c14-11(15)13(16,17)12-19-9-5-7(6-18)1-4-10(9)20(12)8-2-3-8/h1,4-5,8,11H,2-3,6,18H2. The number of nitrogens with two attached hydrogens (primary N) is 1. The van der Waals surface area contributed by atoms with Gasteiger partial charge in [0.1, 0.15) is 0 Å². The van der Waals surface area contributed by atoms with E-state index in [9.17, 15) is 17.6 Å². The van der Waals surface area contributed by atoms with E-state index in [1.807, 2.05) is 0 Å². The Balaban J connectivity index is 2.23. The van der Waals surface area contributed by atoms with Crippen LogP contribution < -0.4 is 5.73 Å². The van der Waals surface area contributed by atoms with Crippen LogP contribution in [0.3, 0.4) is 0 Å². The molecule has 1 aliphatic rings. The summed E-state index contributed by atoms with van der Waals surface area (Å²) >= 11 is 0. The van der Waals surface area contributed by atoms with Crippen LogP contribution in [0.4, 0.5) is 17.6 Å². The number of benzene rings is 1. The summed E-state index contributed by atoms with van der Waals surface area (Å²) in [6.45, 7) is 0.243. The molecule has 0 radical (unpaired) electrons. The zero-order valence-corrected chi connectivity index (χ0v) is 10.5. The summed E-state index contributed by atoms with van der Waals surface area (Å²) in [4.78, 5) is 3.75. The zero-order chi connectivity index (χ0) is 14.5. The summed E-state index contributed by atoms with van der Waals surface area (Å²) in [6, 6.07) is 4.73. The van der Waals surface area contributed by atoms with Gasteiger partial charge in [-0.3, -0.25) is 0 Å². The van der Waals surface area contributed by atoms with Crippen molar-refractivity contribution in [1.29, 1.82) is 0 Å². The minimum absolute atomic E-state index is 0.164. The van der Waals surface area contributed by atoms with E-state index in [0.717, 1.165) is 5.56 Å². The van der Waals surface area contributed by atoms with Crippen molar-refractivity contribution in [3.8, 4) is 0 Å². The number of rotatable bonds is 4. The van der Waals surface area contributed by atoms with Gasteiger partial charge in [-0.25, -0.2) is 13.8 Å². The lowest BCUT2D eigenvalue weighted by molar-refractivity contribution is -0.142. The summed E-state index contributed by atoms with van der Waals surface area (Å²) in [7, 11) is 0. The highest BCUT2D eigenvalue weighted by Crippen LogP contribution is 2.44. The van der Waals surface area contributed by atoms with Crippen LogP contribution in [0.15, 0.2) is 18.2 Å². The van der Waals surface area contributed by atoms with E-state index < -0.39 is 18.2 Å². The Bertz CT molecular complexity index is 646. The van der Waals surface area contributed by atoms with E-state index >= 15 is 0 Å². The van der Waals surface area contributed by atoms with Crippen LogP contribution in [0.25, 0.3) is 11.0 Å². The number of hydrogen-bond donors (Lipinski definition) is 1. The lowest BCUT2D eigenvalue weighted by Crippen LogP contribution is -2.27.